The van der Waals surface area contributed by atoms with Crippen molar-refractivity contribution in [2.75, 3.05) is 11.6 Å². The Balaban J connectivity index is 1.85. The first kappa shape index (κ1) is 17.4. The molecule has 0 saturated carbocycles. The van der Waals surface area contributed by atoms with E-state index < -0.39 is 0 Å². The van der Waals surface area contributed by atoms with Crippen LogP contribution in [0.5, 0.6) is 0 Å². The van der Waals surface area contributed by atoms with E-state index in [-0.39, 0.29) is 24.4 Å². The second-order valence-electron chi connectivity index (χ2n) is 6.81. The maximum atomic E-state index is 13.5. The Kier molecular flexibility index (Phi) is 4.73. The summed E-state index contributed by atoms with van der Waals surface area (Å²) in [5, 5.41) is 17.0. The van der Waals surface area contributed by atoms with E-state index in [1.807, 2.05) is 60.5 Å². The molecule has 0 fully saturated rings. The highest BCUT2D eigenvalue weighted by Crippen LogP contribution is 2.37. The van der Waals surface area contributed by atoms with E-state index in [0.29, 0.717) is 0 Å². The van der Waals surface area contributed by atoms with Crippen LogP contribution in [0.4, 0.5) is 10.1 Å². The first-order valence-electron chi connectivity index (χ1n) is 9.03. The van der Waals surface area contributed by atoms with Gasteiger partial charge in [0, 0.05) is 0 Å². The smallest absolute Gasteiger partial charge is 0.123 e. The monoisotopic (exact) mass is 360 g/mol. The average Bonchev–Trinajstić information content (AvgIpc) is 3.09. The second kappa shape index (κ2) is 7.33. The SMILES string of the molecule is Cc1cccc(C2=NN(c3ccccc3)[C@H](CO)[C@@H]2c2ccc(F)cc2)c1. The quantitative estimate of drug-likeness (QED) is 0.743. The molecule has 0 unspecified atom stereocenters. The molecule has 1 aliphatic heterocycles. The molecule has 136 valence electrons. The van der Waals surface area contributed by atoms with Gasteiger partial charge < -0.3 is 5.11 Å². The predicted octanol–water partition coefficient (Wildman–Crippen LogP) is 4.50. The summed E-state index contributed by atoms with van der Waals surface area (Å²) in [7, 11) is 0. The number of halogens is 1. The Morgan fingerprint density at radius 3 is 2.37 bits per heavy atom. The molecule has 0 bridgehead atoms. The molecular weight excluding hydrogens is 339 g/mol. The molecule has 0 aromatic heterocycles. The van der Waals surface area contributed by atoms with Gasteiger partial charge in [-0.1, -0.05) is 60.2 Å². The number of aryl methyl sites for hydroxylation is 1. The Labute approximate surface area is 158 Å². The van der Waals surface area contributed by atoms with Gasteiger partial charge in [-0.3, -0.25) is 5.01 Å². The molecule has 1 heterocycles. The lowest BCUT2D eigenvalue weighted by molar-refractivity contribution is 0.259. The molecule has 0 amide bonds. The summed E-state index contributed by atoms with van der Waals surface area (Å²) in [5.41, 5.74) is 4.90. The third-order valence-electron chi connectivity index (χ3n) is 4.96. The Morgan fingerprint density at radius 2 is 1.70 bits per heavy atom. The van der Waals surface area contributed by atoms with Crippen LogP contribution in [0.2, 0.25) is 0 Å². The normalized spacial score (nSPS) is 19.2. The summed E-state index contributed by atoms with van der Waals surface area (Å²) >= 11 is 0. The number of benzene rings is 3. The summed E-state index contributed by atoms with van der Waals surface area (Å²) in [6.07, 6.45) is 0. The summed E-state index contributed by atoms with van der Waals surface area (Å²) < 4.78 is 13.5. The van der Waals surface area contributed by atoms with Gasteiger partial charge in [0.05, 0.1) is 30.0 Å². The summed E-state index contributed by atoms with van der Waals surface area (Å²) in [4.78, 5) is 0. The molecule has 0 radical (unpaired) electrons. The minimum absolute atomic E-state index is 0.0598. The zero-order chi connectivity index (χ0) is 18.8. The summed E-state index contributed by atoms with van der Waals surface area (Å²) in [6, 6.07) is 24.2. The molecule has 27 heavy (non-hydrogen) atoms. The van der Waals surface area contributed by atoms with Gasteiger partial charge in [0.1, 0.15) is 5.82 Å². The van der Waals surface area contributed by atoms with Gasteiger partial charge in [-0.2, -0.15) is 5.10 Å². The van der Waals surface area contributed by atoms with Gasteiger partial charge in [-0.25, -0.2) is 4.39 Å². The van der Waals surface area contributed by atoms with Crippen molar-refractivity contribution in [2.24, 2.45) is 5.10 Å². The van der Waals surface area contributed by atoms with Crippen LogP contribution in [0.1, 0.15) is 22.6 Å². The van der Waals surface area contributed by atoms with Crippen LogP contribution < -0.4 is 5.01 Å². The molecular formula is C23H21FN2O. The van der Waals surface area contributed by atoms with Gasteiger partial charge in [-0.05, 0) is 42.3 Å². The first-order chi connectivity index (χ1) is 13.2. The number of anilines is 1. The fraction of sp³-hybridized carbons (Fsp3) is 0.174. The molecule has 2 atom stereocenters. The highest BCUT2D eigenvalue weighted by Gasteiger charge is 2.39. The van der Waals surface area contributed by atoms with Gasteiger partial charge in [-0.15, -0.1) is 0 Å². The van der Waals surface area contributed by atoms with Crippen molar-refractivity contribution in [1.82, 2.24) is 0 Å². The van der Waals surface area contributed by atoms with E-state index in [4.69, 9.17) is 5.10 Å². The number of para-hydroxylation sites is 1. The fourth-order valence-electron chi connectivity index (χ4n) is 3.68. The number of aliphatic hydroxyl groups excluding tert-OH is 1. The second-order valence-corrected chi connectivity index (χ2v) is 6.81. The van der Waals surface area contributed by atoms with Crippen LogP contribution in [0.25, 0.3) is 0 Å². The Bertz CT molecular complexity index is 954. The number of nitrogens with zero attached hydrogens (tertiary/aromatic N) is 2. The zero-order valence-electron chi connectivity index (χ0n) is 15.1. The minimum atomic E-state index is -0.272. The highest BCUT2D eigenvalue weighted by molar-refractivity contribution is 6.08. The minimum Gasteiger partial charge on any atom is -0.394 e. The van der Waals surface area contributed by atoms with Crippen LogP contribution in [0, 0.1) is 12.7 Å². The van der Waals surface area contributed by atoms with Crippen molar-refractivity contribution in [1.29, 1.82) is 0 Å². The van der Waals surface area contributed by atoms with Crippen molar-refractivity contribution in [3.63, 3.8) is 0 Å². The molecule has 4 heteroatoms. The third kappa shape index (κ3) is 3.36. The van der Waals surface area contributed by atoms with Crippen molar-refractivity contribution < 1.29 is 9.50 Å². The molecule has 3 aromatic rings. The lowest BCUT2D eigenvalue weighted by Gasteiger charge is -2.26. The lowest BCUT2D eigenvalue weighted by Crippen LogP contribution is -2.35. The standard InChI is InChI=1S/C23H21FN2O/c1-16-6-5-7-18(14-16)23-22(17-10-12-19(24)13-11-17)21(15-27)26(25-23)20-8-3-2-4-9-20/h2-14,21-22,27H,15H2,1H3/t21-,22+/m1/s1. The van der Waals surface area contributed by atoms with E-state index in [2.05, 4.69) is 6.07 Å². The number of hydrogen-bond acceptors (Lipinski definition) is 3. The number of hydrogen-bond donors (Lipinski definition) is 1. The maximum absolute atomic E-state index is 13.5. The summed E-state index contributed by atoms with van der Waals surface area (Å²) in [5.74, 6) is -0.427. The molecule has 3 aromatic carbocycles. The Morgan fingerprint density at radius 1 is 0.963 bits per heavy atom. The van der Waals surface area contributed by atoms with E-state index in [1.54, 1.807) is 12.1 Å². The molecule has 4 rings (SSSR count). The molecule has 3 nitrogen and oxygen atoms in total. The zero-order valence-corrected chi connectivity index (χ0v) is 15.1. The van der Waals surface area contributed by atoms with Crippen molar-refractivity contribution in [3.8, 4) is 0 Å². The number of rotatable bonds is 4. The van der Waals surface area contributed by atoms with Crippen LogP contribution in [0.3, 0.4) is 0 Å². The van der Waals surface area contributed by atoms with E-state index in [0.717, 1.165) is 28.1 Å². The van der Waals surface area contributed by atoms with Crippen molar-refractivity contribution in [2.45, 2.75) is 18.9 Å². The van der Waals surface area contributed by atoms with Crippen LogP contribution in [0.15, 0.2) is 84.0 Å². The lowest BCUT2D eigenvalue weighted by atomic mass is 9.85. The van der Waals surface area contributed by atoms with Crippen LogP contribution in [-0.4, -0.2) is 23.5 Å². The van der Waals surface area contributed by atoms with Gasteiger partial charge in [0.25, 0.3) is 0 Å². The molecule has 0 spiro atoms. The molecule has 1 aliphatic rings. The topological polar surface area (TPSA) is 35.8 Å². The molecule has 1 N–H and O–H groups in total. The fourth-order valence-corrected chi connectivity index (χ4v) is 3.68. The predicted molar refractivity (Wildman–Crippen MR) is 107 cm³/mol. The number of hydrazone groups is 1. The molecule has 0 saturated heterocycles. The molecule has 0 aliphatic carbocycles. The number of aliphatic hydroxyl groups is 1. The summed E-state index contributed by atoms with van der Waals surface area (Å²) in [6.45, 7) is 1.99. The first-order valence-corrected chi connectivity index (χ1v) is 9.03. The highest BCUT2D eigenvalue weighted by atomic mass is 19.1. The average molecular weight is 360 g/mol. The van der Waals surface area contributed by atoms with E-state index in [1.165, 1.54) is 12.1 Å². The maximum Gasteiger partial charge on any atom is 0.123 e. The third-order valence-corrected chi connectivity index (χ3v) is 4.96. The van der Waals surface area contributed by atoms with Crippen LogP contribution >= 0.6 is 0 Å². The van der Waals surface area contributed by atoms with Crippen LogP contribution in [-0.2, 0) is 0 Å². The van der Waals surface area contributed by atoms with Crippen molar-refractivity contribution in [3.05, 3.63) is 101 Å². The van der Waals surface area contributed by atoms with E-state index in [9.17, 15) is 9.50 Å². The van der Waals surface area contributed by atoms with Gasteiger partial charge >= 0.3 is 0 Å². The van der Waals surface area contributed by atoms with E-state index >= 15 is 0 Å². The van der Waals surface area contributed by atoms with Crippen molar-refractivity contribution >= 4 is 11.4 Å². The van der Waals surface area contributed by atoms with Gasteiger partial charge in [0.2, 0.25) is 0 Å². The largest absolute Gasteiger partial charge is 0.394 e. The Hall–Kier alpha value is -2.98. The van der Waals surface area contributed by atoms with Gasteiger partial charge in [0.15, 0.2) is 0 Å².